The van der Waals surface area contributed by atoms with Crippen molar-refractivity contribution in [3.63, 3.8) is 0 Å². The summed E-state index contributed by atoms with van der Waals surface area (Å²) in [5, 5.41) is 20.6. The Labute approximate surface area is 104 Å². The minimum Gasteiger partial charge on any atom is -0.465 e. The van der Waals surface area contributed by atoms with Gasteiger partial charge in [-0.05, 0) is 17.7 Å². The Hall–Kier alpha value is -1.97. The third kappa shape index (κ3) is 3.83. The van der Waals surface area contributed by atoms with Gasteiger partial charge in [-0.3, -0.25) is 5.32 Å². The molecule has 0 radical (unpaired) electrons. The highest BCUT2D eigenvalue weighted by Gasteiger charge is 2.24. The van der Waals surface area contributed by atoms with Crippen molar-refractivity contribution in [3.8, 4) is 6.07 Å². The second kappa shape index (κ2) is 5.39. The molecule has 0 heterocycles. The summed E-state index contributed by atoms with van der Waals surface area (Å²) in [5.74, 6) is 0. The third-order valence-corrected chi connectivity index (χ3v) is 2.55. The summed E-state index contributed by atoms with van der Waals surface area (Å²) in [6.45, 7) is 0. The SMILES string of the molecule is N#Cc1ccc(C[C@](N)(C=S)NC(=O)O)cc1. The first-order valence-electron chi connectivity index (χ1n) is 4.74. The molecule has 5 nitrogen and oxygen atoms in total. The normalized spacial score (nSPS) is 13.2. The van der Waals surface area contributed by atoms with E-state index >= 15 is 0 Å². The molecule has 1 amide bonds. The van der Waals surface area contributed by atoms with Crippen LogP contribution in [-0.4, -0.2) is 22.2 Å². The number of hydrogen-bond donors (Lipinski definition) is 3. The molecule has 1 atom stereocenters. The molecule has 0 aliphatic carbocycles. The molecule has 0 aliphatic rings. The Balaban J connectivity index is 2.83. The van der Waals surface area contributed by atoms with Crippen LogP contribution in [0.3, 0.4) is 0 Å². The number of nitrogens with zero attached hydrogens (tertiary/aromatic N) is 1. The lowest BCUT2D eigenvalue weighted by Crippen LogP contribution is -2.58. The third-order valence-electron chi connectivity index (χ3n) is 2.13. The van der Waals surface area contributed by atoms with Gasteiger partial charge >= 0.3 is 6.09 Å². The standard InChI is InChI=1S/C11H11N3O2S/c12-6-9-3-1-8(2-4-9)5-11(13,7-17)14-10(15)16/h1-4,7,14H,5,13H2,(H,15,16)/t11-/m1/s1. The number of rotatable bonds is 4. The molecule has 0 aromatic heterocycles. The summed E-state index contributed by atoms with van der Waals surface area (Å²) in [4.78, 5) is 10.6. The van der Waals surface area contributed by atoms with Gasteiger partial charge in [0.15, 0.2) is 0 Å². The van der Waals surface area contributed by atoms with Gasteiger partial charge in [0, 0.05) is 11.8 Å². The maximum atomic E-state index is 10.6. The number of nitriles is 1. The van der Waals surface area contributed by atoms with E-state index in [9.17, 15) is 4.79 Å². The second-order valence-electron chi connectivity index (χ2n) is 3.57. The van der Waals surface area contributed by atoms with Gasteiger partial charge in [0.05, 0.1) is 11.6 Å². The highest BCUT2D eigenvalue weighted by atomic mass is 32.1. The van der Waals surface area contributed by atoms with Crippen molar-refractivity contribution >= 4 is 23.7 Å². The Morgan fingerprint density at radius 3 is 2.59 bits per heavy atom. The molecule has 88 valence electrons. The minimum atomic E-state index is -1.28. The largest absolute Gasteiger partial charge is 0.465 e. The molecule has 6 heteroatoms. The number of nitrogens with two attached hydrogens (primary N) is 1. The zero-order chi connectivity index (χ0) is 12.9. The minimum absolute atomic E-state index is 0.231. The number of benzene rings is 1. The average Bonchev–Trinajstić information content (AvgIpc) is 2.29. The van der Waals surface area contributed by atoms with E-state index in [0.29, 0.717) is 5.56 Å². The van der Waals surface area contributed by atoms with Crippen LogP contribution in [0.1, 0.15) is 11.1 Å². The Bertz CT molecular complexity index is 467. The van der Waals surface area contributed by atoms with Gasteiger partial charge in [-0.2, -0.15) is 5.26 Å². The topological polar surface area (TPSA) is 99.1 Å². The van der Waals surface area contributed by atoms with Crippen LogP contribution in [0.4, 0.5) is 4.79 Å². The zero-order valence-electron chi connectivity index (χ0n) is 8.88. The molecule has 4 N–H and O–H groups in total. The molecular formula is C11H11N3O2S. The molecule has 0 fully saturated rings. The molecule has 0 unspecified atom stereocenters. The first-order valence-corrected chi connectivity index (χ1v) is 5.21. The Kier molecular flexibility index (Phi) is 4.15. The number of nitrogens with one attached hydrogen (secondary N) is 1. The van der Waals surface area contributed by atoms with Crippen molar-refractivity contribution in [2.45, 2.75) is 12.1 Å². The van der Waals surface area contributed by atoms with E-state index in [4.69, 9.17) is 28.3 Å². The Morgan fingerprint density at radius 2 is 2.18 bits per heavy atom. The first kappa shape index (κ1) is 13.1. The van der Waals surface area contributed by atoms with Gasteiger partial charge in [-0.1, -0.05) is 24.4 Å². The van der Waals surface area contributed by atoms with Crippen LogP contribution in [0.5, 0.6) is 0 Å². The summed E-state index contributed by atoms with van der Waals surface area (Å²) >= 11 is 4.72. The molecule has 1 rings (SSSR count). The van der Waals surface area contributed by atoms with Crippen molar-refractivity contribution in [1.82, 2.24) is 5.32 Å². The maximum absolute atomic E-state index is 10.6. The molecule has 0 spiro atoms. The first-order chi connectivity index (χ1) is 7.99. The van der Waals surface area contributed by atoms with E-state index in [0.717, 1.165) is 5.56 Å². The lowest BCUT2D eigenvalue weighted by molar-refractivity contribution is 0.186. The van der Waals surface area contributed by atoms with Crippen LogP contribution in [0, 0.1) is 11.3 Å². The van der Waals surface area contributed by atoms with Gasteiger partial charge in [-0.15, -0.1) is 0 Å². The molecular weight excluding hydrogens is 238 g/mol. The Morgan fingerprint density at radius 1 is 1.59 bits per heavy atom. The highest BCUT2D eigenvalue weighted by Crippen LogP contribution is 2.09. The molecule has 1 aromatic rings. The van der Waals surface area contributed by atoms with E-state index in [1.807, 2.05) is 6.07 Å². The summed E-state index contributed by atoms with van der Waals surface area (Å²) in [6.07, 6.45) is -1.00. The summed E-state index contributed by atoms with van der Waals surface area (Å²) in [6, 6.07) is 8.69. The number of carboxylic acid groups (broad SMARTS) is 1. The lowest BCUT2D eigenvalue weighted by Gasteiger charge is -2.24. The lowest BCUT2D eigenvalue weighted by atomic mass is 10.0. The number of hydrogen-bond acceptors (Lipinski definition) is 4. The van der Waals surface area contributed by atoms with Crippen molar-refractivity contribution in [3.05, 3.63) is 35.4 Å². The summed E-state index contributed by atoms with van der Waals surface area (Å²) < 4.78 is 0. The fourth-order valence-corrected chi connectivity index (χ4v) is 1.49. The van der Waals surface area contributed by atoms with E-state index in [1.54, 1.807) is 24.3 Å². The van der Waals surface area contributed by atoms with Crippen LogP contribution >= 0.6 is 12.2 Å². The fraction of sp³-hybridized carbons (Fsp3) is 0.182. The predicted molar refractivity (Wildman–Crippen MR) is 66.6 cm³/mol. The number of amides is 1. The van der Waals surface area contributed by atoms with E-state index < -0.39 is 11.8 Å². The number of thiocarbonyl (C=S) groups is 1. The van der Waals surface area contributed by atoms with E-state index in [1.165, 1.54) is 5.37 Å². The van der Waals surface area contributed by atoms with Crippen LogP contribution in [0.25, 0.3) is 0 Å². The molecule has 0 saturated heterocycles. The van der Waals surface area contributed by atoms with Gasteiger partial charge in [0.2, 0.25) is 0 Å². The van der Waals surface area contributed by atoms with Crippen molar-refractivity contribution in [1.29, 1.82) is 5.26 Å². The van der Waals surface area contributed by atoms with Crippen molar-refractivity contribution in [2.24, 2.45) is 5.73 Å². The molecule has 0 aliphatic heterocycles. The van der Waals surface area contributed by atoms with E-state index in [2.05, 4.69) is 5.32 Å². The smallest absolute Gasteiger partial charge is 0.406 e. The summed E-state index contributed by atoms with van der Waals surface area (Å²) in [7, 11) is 0. The van der Waals surface area contributed by atoms with Gasteiger partial charge in [0.1, 0.15) is 5.66 Å². The van der Waals surface area contributed by atoms with Gasteiger partial charge in [0.25, 0.3) is 0 Å². The molecule has 1 aromatic carbocycles. The quantitative estimate of drug-likeness (QED) is 0.546. The number of carbonyl (C=O) groups is 1. The van der Waals surface area contributed by atoms with Crippen LogP contribution in [0.15, 0.2) is 24.3 Å². The van der Waals surface area contributed by atoms with Crippen molar-refractivity contribution in [2.75, 3.05) is 0 Å². The molecule has 0 saturated carbocycles. The van der Waals surface area contributed by atoms with Gasteiger partial charge < -0.3 is 10.8 Å². The predicted octanol–water partition coefficient (Wildman–Crippen LogP) is 1.02. The fourth-order valence-electron chi connectivity index (χ4n) is 1.35. The van der Waals surface area contributed by atoms with Crippen LogP contribution in [0.2, 0.25) is 0 Å². The highest BCUT2D eigenvalue weighted by molar-refractivity contribution is 7.79. The average molecular weight is 249 g/mol. The van der Waals surface area contributed by atoms with E-state index in [-0.39, 0.29) is 6.42 Å². The molecule has 0 bridgehead atoms. The van der Waals surface area contributed by atoms with Gasteiger partial charge in [-0.25, -0.2) is 4.79 Å². The van der Waals surface area contributed by atoms with Crippen molar-refractivity contribution < 1.29 is 9.90 Å². The second-order valence-corrected chi connectivity index (χ2v) is 3.81. The van der Waals surface area contributed by atoms with Crippen LogP contribution in [-0.2, 0) is 6.42 Å². The monoisotopic (exact) mass is 249 g/mol. The maximum Gasteiger partial charge on any atom is 0.406 e. The summed E-state index contributed by atoms with van der Waals surface area (Å²) in [5.41, 5.74) is 5.83. The zero-order valence-corrected chi connectivity index (χ0v) is 9.70. The molecule has 17 heavy (non-hydrogen) atoms. The van der Waals surface area contributed by atoms with Crippen LogP contribution < -0.4 is 11.1 Å².